The summed E-state index contributed by atoms with van der Waals surface area (Å²) in [5, 5.41) is 4.47. The molecule has 0 aliphatic rings. The first-order valence-electron chi connectivity index (χ1n) is 6.35. The highest BCUT2D eigenvalue weighted by Gasteiger charge is 2.07. The maximum Gasteiger partial charge on any atom is 0.147 e. The number of nitrogens with zero attached hydrogens (tertiary/aromatic N) is 3. The zero-order chi connectivity index (χ0) is 13.1. The van der Waals surface area contributed by atoms with Crippen LogP contribution in [0.3, 0.4) is 0 Å². The van der Waals surface area contributed by atoms with Crippen molar-refractivity contribution in [3.63, 3.8) is 0 Å². The van der Waals surface area contributed by atoms with Gasteiger partial charge in [-0.25, -0.2) is 9.97 Å². The molecule has 4 heteroatoms. The third-order valence-corrected chi connectivity index (χ3v) is 3.17. The minimum absolute atomic E-state index is 0.699. The van der Waals surface area contributed by atoms with Crippen LogP contribution in [0.5, 0.6) is 0 Å². The maximum atomic E-state index is 4.29. The standard InChI is InChI=1S/C15H16N4/c1-16-10-13-5-2-4-12-6-9-19(15(12)13)11-14-17-7-3-8-18-14/h2-9,16H,10-11H2,1H3. The molecule has 0 saturated carbocycles. The van der Waals surface area contributed by atoms with Crippen molar-refractivity contribution in [1.82, 2.24) is 19.9 Å². The summed E-state index contributed by atoms with van der Waals surface area (Å²) in [6.45, 7) is 1.56. The summed E-state index contributed by atoms with van der Waals surface area (Å²) in [6, 6.07) is 10.4. The lowest BCUT2D eigenvalue weighted by Gasteiger charge is -2.09. The van der Waals surface area contributed by atoms with Crippen molar-refractivity contribution < 1.29 is 0 Å². The first-order chi connectivity index (χ1) is 9.38. The lowest BCUT2D eigenvalue weighted by atomic mass is 10.1. The van der Waals surface area contributed by atoms with E-state index in [9.17, 15) is 0 Å². The van der Waals surface area contributed by atoms with Crippen molar-refractivity contribution in [2.75, 3.05) is 7.05 Å². The Balaban J connectivity index is 2.04. The van der Waals surface area contributed by atoms with Crippen LogP contribution in [0, 0.1) is 0 Å². The summed E-state index contributed by atoms with van der Waals surface area (Å²) in [5.74, 6) is 0.833. The first-order valence-corrected chi connectivity index (χ1v) is 6.35. The molecule has 0 fully saturated rings. The lowest BCUT2D eigenvalue weighted by Crippen LogP contribution is -2.08. The number of rotatable bonds is 4. The van der Waals surface area contributed by atoms with Gasteiger partial charge in [0.2, 0.25) is 0 Å². The Morgan fingerprint density at radius 1 is 1.11 bits per heavy atom. The average Bonchev–Trinajstić information content (AvgIpc) is 2.85. The fourth-order valence-corrected chi connectivity index (χ4v) is 2.37. The summed E-state index contributed by atoms with van der Waals surface area (Å²) >= 11 is 0. The fourth-order valence-electron chi connectivity index (χ4n) is 2.37. The highest BCUT2D eigenvalue weighted by Crippen LogP contribution is 2.20. The van der Waals surface area contributed by atoms with Crippen LogP contribution in [0.25, 0.3) is 10.9 Å². The molecule has 0 radical (unpaired) electrons. The number of benzene rings is 1. The van der Waals surface area contributed by atoms with Gasteiger partial charge in [0.1, 0.15) is 5.82 Å². The van der Waals surface area contributed by atoms with Crippen LogP contribution >= 0.6 is 0 Å². The topological polar surface area (TPSA) is 42.7 Å². The zero-order valence-corrected chi connectivity index (χ0v) is 10.9. The summed E-state index contributed by atoms with van der Waals surface area (Å²) in [5.41, 5.74) is 2.55. The second-order valence-corrected chi connectivity index (χ2v) is 4.49. The van der Waals surface area contributed by atoms with E-state index in [0.717, 1.165) is 12.4 Å². The number of para-hydroxylation sites is 1. The van der Waals surface area contributed by atoms with Crippen LogP contribution in [0.2, 0.25) is 0 Å². The van der Waals surface area contributed by atoms with Gasteiger partial charge in [-0.1, -0.05) is 18.2 Å². The third kappa shape index (κ3) is 2.35. The second kappa shape index (κ2) is 5.20. The average molecular weight is 252 g/mol. The maximum absolute atomic E-state index is 4.29. The highest BCUT2D eigenvalue weighted by molar-refractivity contribution is 5.83. The van der Waals surface area contributed by atoms with Crippen molar-refractivity contribution in [3.8, 4) is 0 Å². The minimum atomic E-state index is 0.699. The van der Waals surface area contributed by atoms with Gasteiger partial charge in [-0.05, 0) is 30.1 Å². The van der Waals surface area contributed by atoms with E-state index < -0.39 is 0 Å². The molecule has 3 aromatic rings. The summed E-state index contributed by atoms with van der Waals surface area (Å²) < 4.78 is 2.21. The van der Waals surface area contributed by atoms with Gasteiger partial charge in [0.25, 0.3) is 0 Å². The Bertz CT molecular complexity index is 673. The Labute approximate surface area is 112 Å². The van der Waals surface area contributed by atoms with Gasteiger partial charge in [-0.15, -0.1) is 0 Å². The van der Waals surface area contributed by atoms with Crippen LogP contribution < -0.4 is 5.32 Å². The molecule has 96 valence electrons. The fraction of sp³-hybridized carbons (Fsp3) is 0.200. The van der Waals surface area contributed by atoms with Crippen molar-refractivity contribution >= 4 is 10.9 Å². The Morgan fingerprint density at radius 2 is 1.95 bits per heavy atom. The van der Waals surface area contributed by atoms with Crippen LogP contribution in [0.15, 0.2) is 48.9 Å². The van der Waals surface area contributed by atoms with Gasteiger partial charge < -0.3 is 9.88 Å². The smallest absolute Gasteiger partial charge is 0.147 e. The SMILES string of the molecule is CNCc1cccc2ccn(Cc3ncccn3)c12. The van der Waals surface area contributed by atoms with Gasteiger partial charge in [-0.3, -0.25) is 0 Å². The molecule has 1 N–H and O–H groups in total. The van der Waals surface area contributed by atoms with E-state index in [1.807, 2.05) is 13.1 Å². The predicted octanol–water partition coefficient (Wildman–Crippen LogP) is 2.20. The summed E-state index contributed by atoms with van der Waals surface area (Å²) in [6.07, 6.45) is 5.66. The van der Waals surface area contributed by atoms with E-state index in [-0.39, 0.29) is 0 Å². The van der Waals surface area contributed by atoms with Crippen molar-refractivity contribution in [1.29, 1.82) is 0 Å². The minimum Gasteiger partial charge on any atom is -0.340 e. The Morgan fingerprint density at radius 3 is 2.74 bits per heavy atom. The zero-order valence-electron chi connectivity index (χ0n) is 10.9. The third-order valence-electron chi connectivity index (χ3n) is 3.17. The molecular formula is C15H16N4. The molecule has 0 aliphatic heterocycles. The molecule has 0 unspecified atom stereocenters. The lowest BCUT2D eigenvalue weighted by molar-refractivity contribution is 0.758. The van der Waals surface area contributed by atoms with Gasteiger partial charge in [0.15, 0.2) is 0 Å². The molecular weight excluding hydrogens is 236 g/mol. The van der Waals surface area contributed by atoms with E-state index >= 15 is 0 Å². The van der Waals surface area contributed by atoms with Crippen LogP contribution in [-0.4, -0.2) is 21.6 Å². The Hall–Kier alpha value is -2.20. The molecule has 2 heterocycles. The number of fused-ring (bicyclic) bond motifs is 1. The van der Waals surface area contributed by atoms with E-state index in [1.54, 1.807) is 12.4 Å². The predicted molar refractivity (Wildman–Crippen MR) is 75.8 cm³/mol. The molecule has 0 amide bonds. The van der Waals surface area contributed by atoms with Crippen LogP contribution in [0.1, 0.15) is 11.4 Å². The van der Waals surface area contributed by atoms with Crippen molar-refractivity contribution in [3.05, 3.63) is 60.3 Å². The van der Waals surface area contributed by atoms with Gasteiger partial charge in [0.05, 0.1) is 12.1 Å². The number of hydrogen-bond donors (Lipinski definition) is 1. The van der Waals surface area contributed by atoms with E-state index in [2.05, 4.69) is 50.3 Å². The molecule has 0 saturated heterocycles. The van der Waals surface area contributed by atoms with Gasteiger partial charge in [-0.2, -0.15) is 0 Å². The molecule has 0 atom stereocenters. The van der Waals surface area contributed by atoms with Crippen LogP contribution in [-0.2, 0) is 13.1 Å². The monoisotopic (exact) mass is 252 g/mol. The highest BCUT2D eigenvalue weighted by atomic mass is 15.0. The second-order valence-electron chi connectivity index (χ2n) is 4.49. The molecule has 0 aliphatic carbocycles. The molecule has 2 aromatic heterocycles. The molecule has 0 spiro atoms. The van der Waals surface area contributed by atoms with Gasteiger partial charge in [0, 0.05) is 25.1 Å². The number of nitrogens with one attached hydrogen (secondary N) is 1. The van der Waals surface area contributed by atoms with Crippen molar-refractivity contribution in [2.24, 2.45) is 0 Å². The molecule has 0 bridgehead atoms. The normalized spacial score (nSPS) is 11.0. The van der Waals surface area contributed by atoms with E-state index in [0.29, 0.717) is 6.54 Å². The molecule has 19 heavy (non-hydrogen) atoms. The van der Waals surface area contributed by atoms with Crippen molar-refractivity contribution in [2.45, 2.75) is 13.1 Å². The number of hydrogen-bond acceptors (Lipinski definition) is 3. The first kappa shape index (κ1) is 11.9. The molecule has 3 rings (SSSR count). The Kier molecular flexibility index (Phi) is 3.25. The van der Waals surface area contributed by atoms with Crippen LogP contribution in [0.4, 0.5) is 0 Å². The number of aromatic nitrogens is 3. The van der Waals surface area contributed by atoms with Gasteiger partial charge >= 0.3 is 0 Å². The van der Waals surface area contributed by atoms with E-state index in [1.165, 1.54) is 16.5 Å². The summed E-state index contributed by atoms with van der Waals surface area (Å²) in [4.78, 5) is 8.58. The largest absolute Gasteiger partial charge is 0.340 e. The van der Waals surface area contributed by atoms with E-state index in [4.69, 9.17) is 0 Å². The molecule has 4 nitrogen and oxygen atoms in total. The molecule has 1 aromatic carbocycles. The quantitative estimate of drug-likeness (QED) is 0.774. The summed E-state index contributed by atoms with van der Waals surface area (Å²) in [7, 11) is 1.96.